The second-order valence-electron chi connectivity index (χ2n) is 16.0. The van der Waals surface area contributed by atoms with Crippen molar-refractivity contribution in [1.82, 2.24) is 0 Å². The number of benzene rings is 11. The summed E-state index contributed by atoms with van der Waals surface area (Å²) in [7, 11) is 0. The first-order valence-electron chi connectivity index (χ1n) is 20.6. The summed E-state index contributed by atoms with van der Waals surface area (Å²) in [5.74, 6) is 0. The van der Waals surface area contributed by atoms with Gasteiger partial charge in [0.25, 0.3) is 0 Å². The van der Waals surface area contributed by atoms with Crippen molar-refractivity contribution in [2.24, 2.45) is 0 Å². The van der Waals surface area contributed by atoms with Crippen LogP contribution in [0.3, 0.4) is 0 Å². The molecule has 0 saturated heterocycles. The highest BCUT2D eigenvalue weighted by Crippen LogP contribution is 2.56. The van der Waals surface area contributed by atoms with E-state index in [1.807, 2.05) is 0 Å². The van der Waals surface area contributed by atoms with E-state index in [0.717, 1.165) is 0 Å². The van der Waals surface area contributed by atoms with E-state index in [2.05, 4.69) is 231 Å². The van der Waals surface area contributed by atoms with Gasteiger partial charge in [0.15, 0.2) is 0 Å². The third-order valence-electron chi connectivity index (χ3n) is 12.9. The van der Waals surface area contributed by atoms with E-state index < -0.39 is 5.41 Å². The van der Waals surface area contributed by atoms with E-state index in [9.17, 15) is 0 Å². The first kappa shape index (κ1) is 33.6. The third-order valence-corrected chi connectivity index (χ3v) is 12.9. The van der Waals surface area contributed by atoms with Gasteiger partial charge < -0.3 is 0 Å². The molecule has 0 heteroatoms. The van der Waals surface area contributed by atoms with Crippen LogP contribution in [0.4, 0.5) is 0 Å². The van der Waals surface area contributed by atoms with E-state index >= 15 is 0 Å². The molecule has 0 amide bonds. The predicted molar refractivity (Wildman–Crippen MR) is 250 cm³/mol. The summed E-state index contributed by atoms with van der Waals surface area (Å²) in [6.07, 6.45) is 0. The molecule has 0 N–H and O–H groups in total. The number of fused-ring (bicyclic) bond motifs is 7. The van der Waals surface area contributed by atoms with E-state index in [-0.39, 0.29) is 0 Å². The fourth-order valence-electron chi connectivity index (χ4n) is 10.3. The number of rotatable bonds is 5. The summed E-state index contributed by atoms with van der Waals surface area (Å²) in [4.78, 5) is 0. The minimum absolute atomic E-state index is 0.482. The van der Waals surface area contributed by atoms with Crippen LogP contribution in [0.2, 0.25) is 0 Å². The van der Waals surface area contributed by atoms with E-state index in [0.29, 0.717) is 0 Å². The molecule has 0 unspecified atom stereocenters. The quantitative estimate of drug-likeness (QED) is 0.154. The molecule has 12 rings (SSSR count). The molecule has 0 aliphatic heterocycles. The van der Waals surface area contributed by atoms with Crippen LogP contribution < -0.4 is 0 Å². The van der Waals surface area contributed by atoms with Gasteiger partial charge in [0.1, 0.15) is 0 Å². The lowest BCUT2D eigenvalue weighted by Crippen LogP contribution is -2.28. The number of hydrogen-bond donors (Lipinski definition) is 0. The molecular formula is C59H38. The minimum Gasteiger partial charge on any atom is -0.0619 e. The van der Waals surface area contributed by atoms with Gasteiger partial charge in [0.2, 0.25) is 0 Å². The van der Waals surface area contributed by atoms with Gasteiger partial charge in [0, 0.05) is 0 Å². The smallest absolute Gasteiger partial charge is 0.0619 e. The average molecular weight is 747 g/mol. The molecule has 1 aliphatic rings. The highest BCUT2D eigenvalue weighted by molar-refractivity contribution is 6.14. The third kappa shape index (κ3) is 5.10. The zero-order valence-electron chi connectivity index (χ0n) is 32.4. The van der Waals surface area contributed by atoms with Gasteiger partial charge in [-0.2, -0.15) is 0 Å². The Kier molecular flexibility index (Phi) is 7.55. The Hall–Kier alpha value is -7.54. The van der Waals surface area contributed by atoms with E-state index in [4.69, 9.17) is 0 Å². The standard InChI is InChI=1S/C59H38/c1-5-17-49-43(13-1)37-44-14-2-6-18-50(44)57(49)41-27-25-39(26-28-41)40-29-33-47(34-30-40)59(55-23-11-9-21-53(55)54-22-10-12-24-56(54)59)48-35-31-42(32-36-48)58-51-19-7-3-15-45(51)38-46-16-4-8-20-52(46)58/h1-38H. The van der Waals surface area contributed by atoms with Crippen LogP contribution in [0.25, 0.3) is 87.6 Å². The van der Waals surface area contributed by atoms with Crippen LogP contribution in [0, 0.1) is 0 Å². The maximum absolute atomic E-state index is 2.38. The first-order chi connectivity index (χ1) is 29.3. The lowest BCUT2D eigenvalue weighted by Gasteiger charge is -2.34. The molecule has 0 aromatic heterocycles. The van der Waals surface area contributed by atoms with Crippen molar-refractivity contribution >= 4 is 43.1 Å². The molecular weight excluding hydrogens is 709 g/mol. The van der Waals surface area contributed by atoms with Crippen LogP contribution in [-0.4, -0.2) is 0 Å². The largest absolute Gasteiger partial charge is 0.0713 e. The van der Waals surface area contributed by atoms with Crippen molar-refractivity contribution in [2.75, 3.05) is 0 Å². The predicted octanol–water partition coefficient (Wildman–Crippen LogP) is 15.7. The molecule has 11 aromatic carbocycles. The van der Waals surface area contributed by atoms with Crippen molar-refractivity contribution in [3.8, 4) is 44.5 Å². The molecule has 0 nitrogen and oxygen atoms in total. The highest BCUT2D eigenvalue weighted by Gasteiger charge is 2.45. The summed E-state index contributed by atoms with van der Waals surface area (Å²) >= 11 is 0. The summed E-state index contributed by atoms with van der Waals surface area (Å²) in [6.45, 7) is 0. The SMILES string of the molecule is c1ccc2c(c1)-c1ccccc1C2(c1ccc(-c2ccc(-c3c4ccccc4cc4ccccc34)cc2)cc1)c1ccc(-c2c3ccccc3cc3ccccc23)cc1. The van der Waals surface area contributed by atoms with Gasteiger partial charge in [-0.3, -0.25) is 0 Å². The van der Waals surface area contributed by atoms with E-state index in [1.165, 1.54) is 110 Å². The van der Waals surface area contributed by atoms with Crippen LogP contribution in [0.5, 0.6) is 0 Å². The van der Waals surface area contributed by atoms with E-state index in [1.54, 1.807) is 0 Å². The molecule has 11 aromatic rings. The Morgan fingerprint density at radius 3 is 0.915 bits per heavy atom. The Morgan fingerprint density at radius 2 is 0.525 bits per heavy atom. The monoisotopic (exact) mass is 746 g/mol. The van der Waals surface area contributed by atoms with Gasteiger partial charge in [0.05, 0.1) is 5.41 Å². The molecule has 0 heterocycles. The molecule has 0 spiro atoms. The Labute approximate surface area is 344 Å². The molecule has 59 heavy (non-hydrogen) atoms. The number of hydrogen-bond acceptors (Lipinski definition) is 0. The highest BCUT2D eigenvalue weighted by atomic mass is 14.5. The molecule has 0 fully saturated rings. The summed E-state index contributed by atoms with van der Waals surface area (Å²) in [5, 5.41) is 10.2. The maximum atomic E-state index is 2.38. The van der Waals surface area contributed by atoms with Gasteiger partial charge in [-0.25, -0.2) is 0 Å². The van der Waals surface area contributed by atoms with Crippen molar-refractivity contribution < 1.29 is 0 Å². The van der Waals surface area contributed by atoms with Crippen molar-refractivity contribution in [2.45, 2.75) is 5.41 Å². The minimum atomic E-state index is -0.482. The zero-order chi connectivity index (χ0) is 38.9. The lowest BCUT2D eigenvalue weighted by molar-refractivity contribution is 0.769. The molecule has 0 radical (unpaired) electrons. The van der Waals surface area contributed by atoms with Crippen LogP contribution in [-0.2, 0) is 5.41 Å². The molecule has 0 atom stereocenters. The first-order valence-corrected chi connectivity index (χ1v) is 20.6. The summed E-state index contributed by atoms with van der Waals surface area (Å²) in [5.41, 5.74) is 14.7. The van der Waals surface area contributed by atoms with Gasteiger partial charge in [-0.15, -0.1) is 0 Å². The van der Waals surface area contributed by atoms with Crippen molar-refractivity contribution in [1.29, 1.82) is 0 Å². The lowest BCUT2D eigenvalue weighted by atomic mass is 9.67. The Morgan fingerprint density at radius 1 is 0.237 bits per heavy atom. The second kappa shape index (κ2) is 13.3. The van der Waals surface area contributed by atoms with Crippen molar-refractivity contribution in [3.05, 3.63) is 253 Å². The fraction of sp³-hybridized carbons (Fsp3) is 0.0169. The fourth-order valence-corrected chi connectivity index (χ4v) is 10.3. The van der Waals surface area contributed by atoms with Gasteiger partial charge in [-0.05, 0) is 122 Å². The molecule has 1 aliphatic carbocycles. The second-order valence-corrected chi connectivity index (χ2v) is 16.0. The maximum Gasteiger partial charge on any atom is 0.0713 e. The van der Waals surface area contributed by atoms with Gasteiger partial charge >= 0.3 is 0 Å². The Bertz CT molecular complexity index is 3250. The van der Waals surface area contributed by atoms with Crippen LogP contribution >= 0.6 is 0 Å². The topological polar surface area (TPSA) is 0 Å². The summed E-state index contributed by atoms with van der Waals surface area (Å²) < 4.78 is 0. The van der Waals surface area contributed by atoms with Crippen LogP contribution in [0.15, 0.2) is 231 Å². The average Bonchev–Trinajstić information content (AvgIpc) is 3.61. The molecule has 0 bridgehead atoms. The van der Waals surface area contributed by atoms with Crippen molar-refractivity contribution in [3.63, 3.8) is 0 Å². The zero-order valence-corrected chi connectivity index (χ0v) is 32.4. The molecule has 274 valence electrons. The summed E-state index contributed by atoms with van der Waals surface area (Å²) in [6, 6.07) is 85.7. The van der Waals surface area contributed by atoms with Crippen LogP contribution in [0.1, 0.15) is 22.3 Å². The Balaban J connectivity index is 0.987. The molecule has 0 saturated carbocycles. The normalized spacial score (nSPS) is 12.9. The van der Waals surface area contributed by atoms with Gasteiger partial charge in [-0.1, -0.05) is 218 Å².